The first-order valence-corrected chi connectivity index (χ1v) is 8.36. The quantitative estimate of drug-likeness (QED) is 0.355. The third-order valence-electron chi connectivity index (χ3n) is 3.56. The molecule has 20 heavy (non-hydrogen) atoms. The van der Waals surface area contributed by atoms with Crippen molar-refractivity contribution < 1.29 is 4.84 Å². The van der Waals surface area contributed by atoms with Crippen LogP contribution in [0.4, 0.5) is 5.69 Å². The minimum atomic E-state index is 0.797. The van der Waals surface area contributed by atoms with E-state index < -0.39 is 0 Å². The van der Waals surface area contributed by atoms with E-state index in [1.165, 1.54) is 57.8 Å². The highest BCUT2D eigenvalue weighted by molar-refractivity contribution is 5.39. The van der Waals surface area contributed by atoms with Crippen LogP contribution in [0.15, 0.2) is 30.3 Å². The van der Waals surface area contributed by atoms with Crippen LogP contribution in [0.5, 0.6) is 0 Å². The van der Waals surface area contributed by atoms with Crippen LogP contribution in [-0.4, -0.2) is 6.61 Å². The third-order valence-corrected chi connectivity index (χ3v) is 3.56. The van der Waals surface area contributed by atoms with Gasteiger partial charge in [-0.15, -0.1) is 0 Å². The van der Waals surface area contributed by atoms with Crippen LogP contribution in [0, 0.1) is 0 Å². The highest BCUT2D eigenvalue weighted by atomic mass is 16.6. The number of anilines is 1. The third kappa shape index (κ3) is 9.85. The molecule has 0 bridgehead atoms. The summed E-state index contributed by atoms with van der Waals surface area (Å²) in [7, 11) is 0. The maximum atomic E-state index is 5.44. The standard InChI is InChI=1S/C18H31NO/c1-2-3-4-5-6-7-8-9-10-14-17-20-19-18-15-12-11-13-16-18/h11-13,15-16,19H,2-10,14,17H2,1H3. The first-order chi connectivity index (χ1) is 9.93. The summed E-state index contributed by atoms with van der Waals surface area (Å²) in [5, 5.41) is 0. The van der Waals surface area contributed by atoms with Crippen molar-refractivity contribution in [1.82, 2.24) is 0 Å². The van der Waals surface area contributed by atoms with Crippen molar-refractivity contribution in [2.24, 2.45) is 0 Å². The smallest absolute Gasteiger partial charge is 0.0746 e. The van der Waals surface area contributed by atoms with E-state index in [4.69, 9.17) is 4.84 Å². The number of unbranched alkanes of at least 4 members (excludes halogenated alkanes) is 9. The first kappa shape index (κ1) is 17.0. The second-order valence-corrected chi connectivity index (χ2v) is 5.50. The van der Waals surface area contributed by atoms with Crippen LogP contribution >= 0.6 is 0 Å². The molecular formula is C18H31NO. The van der Waals surface area contributed by atoms with Crippen LogP contribution in [-0.2, 0) is 4.84 Å². The maximum Gasteiger partial charge on any atom is 0.0746 e. The summed E-state index contributed by atoms with van der Waals surface area (Å²) >= 11 is 0. The number of hydrogen-bond donors (Lipinski definition) is 1. The van der Waals surface area contributed by atoms with Gasteiger partial charge in [0, 0.05) is 0 Å². The molecule has 2 heteroatoms. The Morgan fingerprint density at radius 1 is 0.750 bits per heavy atom. The van der Waals surface area contributed by atoms with E-state index in [2.05, 4.69) is 12.4 Å². The Morgan fingerprint density at radius 2 is 1.30 bits per heavy atom. The molecule has 0 aliphatic carbocycles. The normalized spacial score (nSPS) is 10.7. The highest BCUT2D eigenvalue weighted by Crippen LogP contribution is 2.10. The van der Waals surface area contributed by atoms with Gasteiger partial charge in [0.25, 0.3) is 0 Å². The number of para-hydroxylation sites is 1. The molecule has 0 heterocycles. The van der Waals surface area contributed by atoms with Crippen LogP contribution in [0.1, 0.15) is 71.1 Å². The summed E-state index contributed by atoms with van der Waals surface area (Å²) in [5.74, 6) is 0. The van der Waals surface area contributed by atoms with E-state index in [1.54, 1.807) is 0 Å². The highest BCUT2D eigenvalue weighted by Gasteiger charge is 1.93. The SMILES string of the molecule is CCCCCCCCCCCCONc1ccccc1. The lowest BCUT2D eigenvalue weighted by atomic mass is 10.1. The molecule has 0 aliphatic rings. The molecule has 1 aromatic carbocycles. The van der Waals surface area contributed by atoms with Gasteiger partial charge in [0.05, 0.1) is 12.3 Å². The van der Waals surface area contributed by atoms with Crippen molar-refractivity contribution in [1.29, 1.82) is 0 Å². The molecule has 0 atom stereocenters. The van der Waals surface area contributed by atoms with Crippen LogP contribution in [0.2, 0.25) is 0 Å². The van der Waals surface area contributed by atoms with Gasteiger partial charge in [-0.1, -0.05) is 82.9 Å². The van der Waals surface area contributed by atoms with Gasteiger partial charge in [-0.2, -0.15) is 0 Å². The average molecular weight is 277 g/mol. The van der Waals surface area contributed by atoms with Crippen LogP contribution in [0.25, 0.3) is 0 Å². The van der Waals surface area contributed by atoms with Crippen molar-refractivity contribution in [2.45, 2.75) is 71.1 Å². The minimum Gasteiger partial charge on any atom is -0.276 e. The predicted octanol–water partition coefficient (Wildman–Crippen LogP) is 5.95. The molecule has 0 aromatic heterocycles. The molecule has 0 saturated heterocycles. The van der Waals surface area contributed by atoms with Gasteiger partial charge in [-0.25, -0.2) is 0 Å². The van der Waals surface area contributed by atoms with Crippen LogP contribution < -0.4 is 5.48 Å². The summed E-state index contributed by atoms with van der Waals surface area (Å²) in [6.45, 7) is 3.07. The van der Waals surface area contributed by atoms with Gasteiger partial charge in [0.15, 0.2) is 0 Å². The van der Waals surface area contributed by atoms with Gasteiger partial charge >= 0.3 is 0 Å². The molecule has 1 N–H and O–H groups in total. The van der Waals surface area contributed by atoms with Gasteiger partial charge in [-0.05, 0) is 18.6 Å². The van der Waals surface area contributed by atoms with Gasteiger partial charge in [0.1, 0.15) is 0 Å². The van der Waals surface area contributed by atoms with E-state index in [0.717, 1.165) is 18.7 Å². The van der Waals surface area contributed by atoms with Crippen molar-refractivity contribution in [3.63, 3.8) is 0 Å². The molecule has 1 aromatic rings. The van der Waals surface area contributed by atoms with Crippen molar-refractivity contribution in [2.75, 3.05) is 12.1 Å². The zero-order chi connectivity index (χ0) is 14.3. The van der Waals surface area contributed by atoms with Crippen molar-refractivity contribution in [3.8, 4) is 0 Å². The van der Waals surface area contributed by atoms with E-state index in [9.17, 15) is 0 Å². The molecule has 0 saturated carbocycles. The number of benzene rings is 1. The van der Waals surface area contributed by atoms with E-state index >= 15 is 0 Å². The minimum absolute atomic E-state index is 0.797. The molecular weight excluding hydrogens is 246 g/mol. The molecule has 0 spiro atoms. The molecule has 0 radical (unpaired) electrons. The molecule has 1 rings (SSSR count). The zero-order valence-electron chi connectivity index (χ0n) is 13.1. The predicted molar refractivity (Wildman–Crippen MR) is 87.9 cm³/mol. The Hall–Kier alpha value is -1.02. The van der Waals surface area contributed by atoms with Crippen LogP contribution in [0.3, 0.4) is 0 Å². The lowest BCUT2D eigenvalue weighted by Gasteiger charge is -2.06. The Balaban J connectivity index is 1.77. The fourth-order valence-electron chi connectivity index (χ4n) is 2.30. The van der Waals surface area contributed by atoms with E-state index in [-0.39, 0.29) is 0 Å². The molecule has 0 fully saturated rings. The second-order valence-electron chi connectivity index (χ2n) is 5.50. The molecule has 114 valence electrons. The van der Waals surface area contributed by atoms with Crippen molar-refractivity contribution >= 4 is 5.69 Å². The largest absolute Gasteiger partial charge is 0.276 e. The zero-order valence-corrected chi connectivity index (χ0v) is 13.1. The molecule has 2 nitrogen and oxygen atoms in total. The fourth-order valence-corrected chi connectivity index (χ4v) is 2.30. The molecule has 0 aliphatic heterocycles. The van der Waals surface area contributed by atoms with Gasteiger partial charge in [-0.3, -0.25) is 10.3 Å². The Labute approximate surface area is 124 Å². The number of nitrogens with one attached hydrogen (secondary N) is 1. The Morgan fingerprint density at radius 3 is 1.90 bits per heavy atom. The first-order valence-electron chi connectivity index (χ1n) is 8.36. The second kappa shape index (κ2) is 13.0. The fraction of sp³-hybridized carbons (Fsp3) is 0.667. The van der Waals surface area contributed by atoms with E-state index in [0.29, 0.717) is 0 Å². The molecule has 0 amide bonds. The van der Waals surface area contributed by atoms with Crippen molar-refractivity contribution in [3.05, 3.63) is 30.3 Å². The molecule has 0 unspecified atom stereocenters. The summed E-state index contributed by atoms with van der Waals surface area (Å²) in [6, 6.07) is 10.0. The Kier molecular flexibility index (Phi) is 11.1. The monoisotopic (exact) mass is 277 g/mol. The lowest BCUT2D eigenvalue weighted by molar-refractivity contribution is 0.187. The van der Waals surface area contributed by atoms with Gasteiger partial charge < -0.3 is 0 Å². The van der Waals surface area contributed by atoms with Gasteiger partial charge in [0.2, 0.25) is 0 Å². The summed E-state index contributed by atoms with van der Waals surface area (Å²) < 4.78 is 0. The number of rotatable bonds is 13. The summed E-state index contributed by atoms with van der Waals surface area (Å²) in [6.07, 6.45) is 13.6. The Bertz CT molecular complexity index is 300. The topological polar surface area (TPSA) is 21.3 Å². The van der Waals surface area contributed by atoms with E-state index in [1.807, 2.05) is 30.3 Å². The number of hydrogen-bond acceptors (Lipinski definition) is 2. The summed E-state index contributed by atoms with van der Waals surface area (Å²) in [4.78, 5) is 5.44. The summed E-state index contributed by atoms with van der Waals surface area (Å²) in [5.41, 5.74) is 4.00. The lowest BCUT2D eigenvalue weighted by Crippen LogP contribution is -2.02. The average Bonchev–Trinajstić information content (AvgIpc) is 2.49. The maximum absolute atomic E-state index is 5.44.